The van der Waals surface area contributed by atoms with Gasteiger partial charge in [0.2, 0.25) is 5.91 Å². The van der Waals surface area contributed by atoms with E-state index >= 15 is 0 Å². The van der Waals surface area contributed by atoms with Crippen molar-refractivity contribution in [2.24, 2.45) is 5.73 Å². The highest BCUT2D eigenvalue weighted by Crippen LogP contribution is 2.01. The molecular weight excluding hydrogens is 230 g/mol. The Hall–Kier alpha value is -0.590. The molecule has 0 radical (unpaired) electrons. The van der Waals surface area contributed by atoms with Crippen LogP contribution in [0.1, 0.15) is 12.1 Å². The molecular formula is C9H15N3OS2. The number of thioether (sulfide) groups is 1. The lowest BCUT2D eigenvalue weighted by molar-refractivity contribution is -0.122. The van der Waals surface area contributed by atoms with Gasteiger partial charge in [0.25, 0.3) is 0 Å². The van der Waals surface area contributed by atoms with Crippen LogP contribution < -0.4 is 11.1 Å². The minimum absolute atomic E-state index is 0.1000. The van der Waals surface area contributed by atoms with Crippen LogP contribution in [0, 0.1) is 0 Å². The summed E-state index contributed by atoms with van der Waals surface area (Å²) in [4.78, 5) is 15.5. The fourth-order valence-electron chi connectivity index (χ4n) is 1.01. The van der Waals surface area contributed by atoms with Gasteiger partial charge < -0.3 is 11.1 Å². The van der Waals surface area contributed by atoms with E-state index < -0.39 is 6.04 Å². The third kappa shape index (κ3) is 4.63. The van der Waals surface area contributed by atoms with E-state index in [2.05, 4.69) is 10.3 Å². The minimum atomic E-state index is -0.406. The molecule has 6 heteroatoms. The number of hydrogen-bond acceptors (Lipinski definition) is 5. The third-order valence-corrected chi connectivity index (χ3v) is 3.18. The van der Waals surface area contributed by atoms with Crippen molar-refractivity contribution in [3.63, 3.8) is 0 Å². The van der Waals surface area contributed by atoms with Crippen LogP contribution in [-0.4, -0.2) is 28.9 Å². The zero-order chi connectivity index (χ0) is 11.1. The number of carbonyl (C=O) groups excluding carboxylic acids is 1. The van der Waals surface area contributed by atoms with Crippen LogP contribution in [-0.2, 0) is 11.3 Å². The van der Waals surface area contributed by atoms with Crippen LogP contribution in [0.3, 0.4) is 0 Å². The summed E-state index contributed by atoms with van der Waals surface area (Å²) in [7, 11) is 0. The van der Waals surface area contributed by atoms with Crippen LogP contribution >= 0.6 is 23.1 Å². The molecule has 0 bridgehead atoms. The molecule has 15 heavy (non-hydrogen) atoms. The van der Waals surface area contributed by atoms with Gasteiger partial charge >= 0.3 is 0 Å². The van der Waals surface area contributed by atoms with Crippen molar-refractivity contribution >= 4 is 29.0 Å². The van der Waals surface area contributed by atoms with Gasteiger partial charge in [0.05, 0.1) is 23.8 Å². The molecule has 1 amide bonds. The Bertz CT molecular complexity index is 290. The van der Waals surface area contributed by atoms with Crippen LogP contribution in [0.2, 0.25) is 0 Å². The first-order chi connectivity index (χ1) is 7.24. The van der Waals surface area contributed by atoms with Crippen LogP contribution in [0.4, 0.5) is 0 Å². The Kier molecular flexibility index (Phi) is 5.67. The molecule has 1 atom stereocenters. The van der Waals surface area contributed by atoms with E-state index in [0.29, 0.717) is 13.0 Å². The van der Waals surface area contributed by atoms with E-state index in [1.54, 1.807) is 17.3 Å². The molecule has 0 saturated heterocycles. The van der Waals surface area contributed by atoms with E-state index in [0.717, 1.165) is 11.4 Å². The van der Waals surface area contributed by atoms with Crippen molar-refractivity contribution in [2.75, 3.05) is 12.0 Å². The maximum absolute atomic E-state index is 11.5. The Balaban J connectivity index is 2.23. The molecule has 4 nitrogen and oxygen atoms in total. The molecule has 1 aromatic rings. The monoisotopic (exact) mass is 245 g/mol. The van der Waals surface area contributed by atoms with Crippen molar-refractivity contribution in [1.82, 2.24) is 10.3 Å². The standard InChI is InChI=1S/C9H15N3OS2/c1-14-3-2-8(10)9(13)11-4-7-5-15-6-12-7/h5-6,8H,2-4,10H2,1H3,(H,11,13)/t8-/m1/s1. The molecule has 0 unspecified atom stereocenters. The molecule has 0 saturated carbocycles. The lowest BCUT2D eigenvalue weighted by Gasteiger charge is -2.10. The van der Waals surface area contributed by atoms with Gasteiger partial charge in [0.15, 0.2) is 0 Å². The highest BCUT2D eigenvalue weighted by atomic mass is 32.2. The SMILES string of the molecule is CSCC[C@@H](N)C(=O)NCc1cscn1. The van der Waals surface area contributed by atoms with Gasteiger partial charge in [-0.3, -0.25) is 4.79 Å². The number of hydrogen-bond donors (Lipinski definition) is 2. The number of thiazole rings is 1. The molecule has 3 N–H and O–H groups in total. The quantitative estimate of drug-likeness (QED) is 0.779. The summed E-state index contributed by atoms with van der Waals surface area (Å²) >= 11 is 3.21. The Morgan fingerprint density at radius 1 is 1.80 bits per heavy atom. The average molecular weight is 245 g/mol. The lowest BCUT2D eigenvalue weighted by atomic mass is 10.2. The summed E-state index contributed by atoms with van der Waals surface area (Å²) in [6, 6.07) is -0.406. The zero-order valence-corrected chi connectivity index (χ0v) is 10.2. The maximum Gasteiger partial charge on any atom is 0.237 e. The Labute approximate surface area is 97.7 Å². The predicted molar refractivity (Wildman–Crippen MR) is 64.9 cm³/mol. The second-order valence-corrected chi connectivity index (χ2v) is 4.79. The lowest BCUT2D eigenvalue weighted by Crippen LogP contribution is -2.40. The summed E-state index contributed by atoms with van der Waals surface area (Å²) in [5.74, 6) is 0.808. The van der Waals surface area contributed by atoms with Gasteiger partial charge in [-0.25, -0.2) is 4.98 Å². The number of amides is 1. The fraction of sp³-hybridized carbons (Fsp3) is 0.556. The van der Waals surface area contributed by atoms with Crippen molar-refractivity contribution in [3.05, 3.63) is 16.6 Å². The Morgan fingerprint density at radius 3 is 3.20 bits per heavy atom. The topological polar surface area (TPSA) is 68.0 Å². The first-order valence-electron chi connectivity index (χ1n) is 4.63. The normalized spacial score (nSPS) is 12.4. The van der Waals surface area contributed by atoms with Gasteiger partial charge in [0, 0.05) is 5.38 Å². The van der Waals surface area contributed by atoms with E-state index in [9.17, 15) is 4.79 Å². The highest BCUT2D eigenvalue weighted by molar-refractivity contribution is 7.98. The summed E-state index contributed by atoms with van der Waals surface area (Å²) in [6.07, 6.45) is 2.71. The first kappa shape index (κ1) is 12.5. The highest BCUT2D eigenvalue weighted by Gasteiger charge is 2.12. The second kappa shape index (κ2) is 6.81. The van der Waals surface area contributed by atoms with Crippen molar-refractivity contribution in [2.45, 2.75) is 19.0 Å². The summed E-state index contributed by atoms with van der Waals surface area (Å²) < 4.78 is 0. The molecule has 0 aliphatic heterocycles. The summed E-state index contributed by atoms with van der Waals surface area (Å²) in [5, 5.41) is 4.68. The second-order valence-electron chi connectivity index (χ2n) is 3.09. The van der Waals surface area contributed by atoms with E-state index in [4.69, 9.17) is 5.73 Å². The van der Waals surface area contributed by atoms with Gasteiger partial charge in [0.1, 0.15) is 0 Å². The average Bonchev–Trinajstić information content (AvgIpc) is 2.75. The van der Waals surface area contributed by atoms with E-state index in [-0.39, 0.29) is 5.91 Å². The smallest absolute Gasteiger partial charge is 0.237 e. The molecule has 0 spiro atoms. The molecule has 1 aromatic heterocycles. The largest absolute Gasteiger partial charge is 0.349 e. The summed E-state index contributed by atoms with van der Waals surface area (Å²) in [5.41, 5.74) is 8.32. The molecule has 0 aliphatic carbocycles. The molecule has 84 valence electrons. The Morgan fingerprint density at radius 2 is 2.60 bits per heavy atom. The van der Waals surface area contributed by atoms with Crippen molar-refractivity contribution in [1.29, 1.82) is 0 Å². The number of aromatic nitrogens is 1. The van der Waals surface area contributed by atoms with E-state index in [1.165, 1.54) is 11.3 Å². The van der Waals surface area contributed by atoms with E-state index in [1.807, 2.05) is 11.6 Å². The van der Waals surface area contributed by atoms with Crippen LogP contribution in [0.15, 0.2) is 10.9 Å². The first-order valence-corrected chi connectivity index (χ1v) is 6.97. The van der Waals surface area contributed by atoms with Crippen molar-refractivity contribution < 1.29 is 4.79 Å². The molecule has 0 aliphatic rings. The number of rotatable bonds is 6. The molecule has 0 aromatic carbocycles. The third-order valence-electron chi connectivity index (χ3n) is 1.90. The number of carbonyl (C=O) groups is 1. The van der Waals surface area contributed by atoms with Gasteiger partial charge in [-0.05, 0) is 18.4 Å². The number of nitrogens with two attached hydrogens (primary N) is 1. The molecule has 0 fully saturated rings. The summed E-state index contributed by atoms with van der Waals surface area (Å²) in [6.45, 7) is 0.468. The fourth-order valence-corrected chi connectivity index (χ4v) is 2.06. The van der Waals surface area contributed by atoms with Gasteiger partial charge in [-0.2, -0.15) is 11.8 Å². The number of nitrogens with one attached hydrogen (secondary N) is 1. The molecule has 1 rings (SSSR count). The van der Waals surface area contributed by atoms with Crippen LogP contribution in [0.25, 0.3) is 0 Å². The zero-order valence-electron chi connectivity index (χ0n) is 8.60. The van der Waals surface area contributed by atoms with Crippen molar-refractivity contribution in [3.8, 4) is 0 Å². The van der Waals surface area contributed by atoms with Crippen LogP contribution in [0.5, 0.6) is 0 Å². The minimum Gasteiger partial charge on any atom is -0.349 e. The van der Waals surface area contributed by atoms with Gasteiger partial charge in [-0.1, -0.05) is 0 Å². The number of nitrogens with zero attached hydrogens (tertiary/aromatic N) is 1. The van der Waals surface area contributed by atoms with Gasteiger partial charge in [-0.15, -0.1) is 11.3 Å². The maximum atomic E-state index is 11.5. The molecule has 1 heterocycles. The predicted octanol–water partition coefficient (Wildman–Crippen LogP) is 0.840.